The molecule has 0 unspecified atom stereocenters. The second-order valence-electron chi connectivity index (χ2n) is 6.77. The molecule has 0 aliphatic carbocycles. The van der Waals surface area contributed by atoms with Crippen molar-refractivity contribution in [2.24, 2.45) is 0 Å². The number of rotatable bonds is 5. The first-order valence-corrected chi connectivity index (χ1v) is 9.36. The summed E-state index contributed by atoms with van der Waals surface area (Å²) in [5, 5.41) is 20.0. The normalized spacial score (nSPS) is 10.8. The minimum absolute atomic E-state index is 0.241. The molecule has 4 aromatic rings. The lowest BCUT2D eigenvalue weighted by Gasteiger charge is -2.14. The minimum Gasteiger partial charge on any atom is -0.504 e. The maximum atomic E-state index is 13.6. The number of aromatic hydroxyl groups is 2. The molecule has 1 heterocycles. The maximum absolute atomic E-state index is 13.6. The molecule has 7 nitrogen and oxygen atoms in total. The van der Waals surface area contributed by atoms with Gasteiger partial charge in [0.2, 0.25) is 5.43 Å². The van der Waals surface area contributed by atoms with Gasteiger partial charge in [-0.3, -0.25) is 4.79 Å². The van der Waals surface area contributed by atoms with E-state index in [-0.39, 0.29) is 22.7 Å². The van der Waals surface area contributed by atoms with Crippen LogP contribution >= 0.6 is 0 Å². The van der Waals surface area contributed by atoms with Crippen molar-refractivity contribution in [1.29, 1.82) is 0 Å². The van der Waals surface area contributed by atoms with Crippen LogP contribution in [0.15, 0.2) is 63.8 Å². The molecule has 0 atom stereocenters. The molecule has 0 aliphatic heterocycles. The maximum Gasteiger partial charge on any atom is 0.201 e. The molecule has 0 spiro atoms. The predicted molar refractivity (Wildman–Crippen MR) is 116 cm³/mol. The summed E-state index contributed by atoms with van der Waals surface area (Å²) in [5.74, 6) is 1.10. The van der Waals surface area contributed by atoms with Crippen LogP contribution in [-0.2, 0) is 0 Å². The second kappa shape index (κ2) is 7.95. The molecular formula is C24H20O7. The summed E-state index contributed by atoms with van der Waals surface area (Å²) in [6.45, 7) is 0. The first kappa shape index (κ1) is 20.2. The first-order valence-electron chi connectivity index (χ1n) is 9.36. The van der Waals surface area contributed by atoms with Crippen molar-refractivity contribution in [2.75, 3.05) is 21.3 Å². The number of ether oxygens (including phenoxy) is 3. The van der Waals surface area contributed by atoms with E-state index in [1.807, 2.05) is 0 Å². The van der Waals surface area contributed by atoms with Gasteiger partial charge in [0.25, 0.3) is 0 Å². The Morgan fingerprint density at radius 3 is 2.00 bits per heavy atom. The Kier molecular flexibility index (Phi) is 5.17. The Balaban J connectivity index is 2.09. The van der Waals surface area contributed by atoms with E-state index in [9.17, 15) is 15.0 Å². The highest BCUT2D eigenvalue weighted by molar-refractivity contribution is 5.91. The summed E-state index contributed by atoms with van der Waals surface area (Å²) in [5.41, 5.74) is 1.34. The van der Waals surface area contributed by atoms with Gasteiger partial charge in [-0.2, -0.15) is 0 Å². The molecule has 0 radical (unpaired) electrons. The molecule has 0 amide bonds. The number of methoxy groups -OCH3 is 3. The summed E-state index contributed by atoms with van der Waals surface area (Å²) >= 11 is 0. The number of hydrogen-bond acceptors (Lipinski definition) is 7. The minimum atomic E-state index is -0.326. The van der Waals surface area contributed by atoms with Gasteiger partial charge in [0.15, 0.2) is 23.0 Å². The van der Waals surface area contributed by atoms with Gasteiger partial charge in [-0.15, -0.1) is 0 Å². The van der Waals surface area contributed by atoms with Crippen molar-refractivity contribution >= 4 is 11.0 Å². The summed E-state index contributed by atoms with van der Waals surface area (Å²) in [4.78, 5) is 13.6. The van der Waals surface area contributed by atoms with E-state index < -0.39 is 0 Å². The van der Waals surface area contributed by atoms with E-state index in [1.165, 1.54) is 26.4 Å². The Hall–Kier alpha value is -4.13. The Labute approximate surface area is 177 Å². The topological polar surface area (TPSA) is 98.4 Å². The van der Waals surface area contributed by atoms with Crippen molar-refractivity contribution in [2.45, 2.75) is 0 Å². The van der Waals surface area contributed by atoms with Gasteiger partial charge >= 0.3 is 0 Å². The number of fused-ring (bicyclic) bond motifs is 1. The molecule has 0 saturated carbocycles. The van der Waals surface area contributed by atoms with Gasteiger partial charge < -0.3 is 28.8 Å². The zero-order valence-corrected chi connectivity index (χ0v) is 17.1. The van der Waals surface area contributed by atoms with Crippen LogP contribution < -0.4 is 19.6 Å². The van der Waals surface area contributed by atoms with Crippen molar-refractivity contribution in [3.63, 3.8) is 0 Å². The molecule has 2 N–H and O–H groups in total. The Bertz CT molecular complexity index is 1320. The van der Waals surface area contributed by atoms with Crippen molar-refractivity contribution < 1.29 is 28.8 Å². The van der Waals surface area contributed by atoms with E-state index in [2.05, 4.69) is 0 Å². The van der Waals surface area contributed by atoms with Gasteiger partial charge in [-0.1, -0.05) is 12.1 Å². The highest BCUT2D eigenvalue weighted by atomic mass is 16.5. The van der Waals surface area contributed by atoms with Crippen LogP contribution in [-0.4, -0.2) is 31.5 Å². The van der Waals surface area contributed by atoms with Gasteiger partial charge in [-0.25, -0.2) is 0 Å². The molecule has 4 rings (SSSR count). The standard InChI is InChI=1S/C24H20O7/c1-28-15-7-4-13(5-8-15)22-23(27)16-11-20(29-2)21(30-3)12-19(16)31-24(22)14-6-9-17(25)18(26)10-14/h4-12,25-26H,1-3H3. The van der Waals surface area contributed by atoms with Crippen LogP contribution in [0.3, 0.4) is 0 Å². The van der Waals surface area contributed by atoms with Crippen molar-refractivity contribution in [3.05, 3.63) is 64.8 Å². The van der Waals surface area contributed by atoms with Gasteiger partial charge in [-0.05, 0) is 42.0 Å². The average molecular weight is 420 g/mol. The fraction of sp³-hybridized carbons (Fsp3) is 0.125. The van der Waals surface area contributed by atoms with E-state index >= 15 is 0 Å². The van der Waals surface area contributed by atoms with Crippen LogP contribution in [0.1, 0.15) is 0 Å². The van der Waals surface area contributed by atoms with E-state index in [0.717, 1.165) is 0 Å². The Morgan fingerprint density at radius 1 is 0.742 bits per heavy atom. The van der Waals surface area contributed by atoms with Crippen LogP contribution in [0, 0.1) is 0 Å². The van der Waals surface area contributed by atoms with E-state index in [1.54, 1.807) is 49.6 Å². The predicted octanol–water partition coefficient (Wildman–Crippen LogP) is 4.56. The highest BCUT2D eigenvalue weighted by Crippen LogP contribution is 2.39. The summed E-state index contributed by atoms with van der Waals surface area (Å²) in [6.07, 6.45) is 0. The third-order valence-corrected chi connectivity index (χ3v) is 5.01. The Morgan fingerprint density at radius 2 is 1.39 bits per heavy atom. The highest BCUT2D eigenvalue weighted by Gasteiger charge is 2.21. The smallest absolute Gasteiger partial charge is 0.201 e. The second-order valence-corrected chi connectivity index (χ2v) is 6.77. The van der Waals surface area contributed by atoms with Gasteiger partial charge in [0.1, 0.15) is 17.1 Å². The third-order valence-electron chi connectivity index (χ3n) is 5.01. The molecular weight excluding hydrogens is 400 g/mol. The number of phenols is 2. The molecule has 7 heteroatoms. The molecule has 0 saturated heterocycles. The third kappa shape index (κ3) is 3.50. The van der Waals surface area contributed by atoms with E-state index in [4.69, 9.17) is 18.6 Å². The molecule has 3 aromatic carbocycles. The van der Waals surface area contributed by atoms with Crippen LogP contribution in [0.5, 0.6) is 28.7 Å². The largest absolute Gasteiger partial charge is 0.504 e. The lowest BCUT2D eigenvalue weighted by atomic mass is 9.98. The molecule has 0 bridgehead atoms. The number of benzene rings is 3. The molecule has 1 aromatic heterocycles. The van der Waals surface area contributed by atoms with Crippen LogP contribution in [0.4, 0.5) is 0 Å². The number of phenolic OH excluding ortho intramolecular Hbond substituents is 2. The van der Waals surface area contributed by atoms with Gasteiger partial charge in [0, 0.05) is 11.6 Å². The first-order chi connectivity index (χ1) is 15.0. The van der Waals surface area contributed by atoms with Crippen LogP contribution in [0.25, 0.3) is 33.4 Å². The lowest BCUT2D eigenvalue weighted by Crippen LogP contribution is -2.08. The zero-order chi connectivity index (χ0) is 22.1. The van der Waals surface area contributed by atoms with E-state index in [0.29, 0.717) is 44.9 Å². The van der Waals surface area contributed by atoms with Crippen molar-refractivity contribution in [3.8, 4) is 51.2 Å². The zero-order valence-electron chi connectivity index (χ0n) is 17.1. The summed E-state index contributed by atoms with van der Waals surface area (Å²) in [6, 6.07) is 14.4. The fourth-order valence-electron chi connectivity index (χ4n) is 3.41. The molecule has 158 valence electrons. The van der Waals surface area contributed by atoms with Crippen LogP contribution in [0.2, 0.25) is 0 Å². The number of hydrogen-bond donors (Lipinski definition) is 2. The molecule has 0 fully saturated rings. The lowest BCUT2D eigenvalue weighted by molar-refractivity contribution is 0.355. The van der Waals surface area contributed by atoms with Gasteiger partial charge in [0.05, 0.1) is 32.3 Å². The van der Waals surface area contributed by atoms with Crippen molar-refractivity contribution in [1.82, 2.24) is 0 Å². The average Bonchev–Trinajstić information content (AvgIpc) is 2.80. The summed E-state index contributed by atoms with van der Waals surface area (Å²) < 4.78 is 22.0. The quantitative estimate of drug-likeness (QED) is 0.457. The molecule has 0 aliphatic rings. The molecule has 31 heavy (non-hydrogen) atoms. The monoisotopic (exact) mass is 420 g/mol. The SMILES string of the molecule is COc1ccc(-c2c(-c3ccc(O)c(O)c3)oc3cc(OC)c(OC)cc3c2=O)cc1. The summed E-state index contributed by atoms with van der Waals surface area (Å²) in [7, 11) is 4.54. The fourth-order valence-corrected chi connectivity index (χ4v) is 3.41.